The van der Waals surface area contributed by atoms with Crippen molar-refractivity contribution in [2.24, 2.45) is 5.92 Å². The number of nitrogens with zero attached hydrogens (tertiary/aromatic N) is 2. The molecule has 1 aliphatic rings. The molecule has 3 aromatic rings. The zero-order chi connectivity index (χ0) is 25.7. The highest BCUT2D eigenvalue weighted by Gasteiger charge is 2.31. The van der Waals surface area contributed by atoms with Crippen molar-refractivity contribution in [2.45, 2.75) is 42.9 Å². The molecule has 0 atom stereocenters. The SMILES string of the molecule is COc1ccc(CN(CC2CCCCC2)S(=O)(=O)c2cc(Cl)c(Oc3cccc(N(C)C)c3)s2)cc1. The van der Waals surface area contributed by atoms with Crippen LogP contribution in [0.5, 0.6) is 16.6 Å². The van der Waals surface area contributed by atoms with E-state index in [9.17, 15) is 8.42 Å². The lowest BCUT2D eigenvalue weighted by Gasteiger charge is -2.29. The molecular weight excluding hydrogens is 516 g/mol. The monoisotopic (exact) mass is 548 g/mol. The van der Waals surface area contributed by atoms with Crippen molar-refractivity contribution in [1.82, 2.24) is 4.31 Å². The Balaban J connectivity index is 1.60. The van der Waals surface area contributed by atoms with E-state index >= 15 is 0 Å². The maximum Gasteiger partial charge on any atom is 0.253 e. The molecule has 9 heteroatoms. The molecule has 0 bridgehead atoms. The zero-order valence-corrected chi connectivity index (χ0v) is 23.3. The standard InChI is InChI=1S/C27H33ClN2O4S2/c1-29(2)22-10-7-11-24(16-22)34-27-25(28)17-26(35-27)36(31,32)30(18-20-8-5-4-6-9-20)19-21-12-14-23(33-3)15-13-21/h7,10-17,20H,4-6,8-9,18-19H2,1-3H3. The number of methoxy groups -OCH3 is 1. The van der Waals surface area contributed by atoms with Crippen LogP contribution in [0.2, 0.25) is 5.02 Å². The van der Waals surface area contributed by atoms with Crippen LogP contribution in [0.15, 0.2) is 58.8 Å². The molecule has 6 nitrogen and oxygen atoms in total. The summed E-state index contributed by atoms with van der Waals surface area (Å²) >= 11 is 7.54. The highest BCUT2D eigenvalue weighted by Crippen LogP contribution is 2.42. The maximum atomic E-state index is 13.9. The van der Waals surface area contributed by atoms with Crippen LogP contribution in [0.3, 0.4) is 0 Å². The quantitative estimate of drug-likeness (QED) is 0.272. The Kier molecular flexibility index (Phi) is 8.83. The number of rotatable bonds is 10. The molecule has 194 valence electrons. The van der Waals surface area contributed by atoms with E-state index < -0.39 is 10.0 Å². The Hall–Kier alpha value is -2.26. The molecule has 0 spiro atoms. The zero-order valence-electron chi connectivity index (χ0n) is 20.9. The maximum absolute atomic E-state index is 13.9. The molecule has 0 saturated heterocycles. The Morgan fingerprint density at radius 3 is 2.39 bits per heavy atom. The summed E-state index contributed by atoms with van der Waals surface area (Å²) in [6.07, 6.45) is 5.62. The fourth-order valence-electron chi connectivity index (χ4n) is 4.43. The van der Waals surface area contributed by atoms with E-state index in [0.717, 1.165) is 54.0 Å². The van der Waals surface area contributed by atoms with Crippen molar-refractivity contribution in [2.75, 3.05) is 32.6 Å². The number of ether oxygens (including phenoxy) is 2. The van der Waals surface area contributed by atoms with Gasteiger partial charge >= 0.3 is 0 Å². The summed E-state index contributed by atoms with van der Waals surface area (Å²) in [7, 11) is 1.73. The van der Waals surface area contributed by atoms with Crippen LogP contribution in [-0.2, 0) is 16.6 Å². The van der Waals surface area contributed by atoms with Gasteiger partial charge in [-0.15, -0.1) is 0 Å². The normalized spacial score (nSPS) is 14.7. The second-order valence-electron chi connectivity index (χ2n) is 9.34. The largest absolute Gasteiger partial charge is 0.497 e. The van der Waals surface area contributed by atoms with Crippen LogP contribution in [0.25, 0.3) is 0 Å². The summed E-state index contributed by atoms with van der Waals surface area (Å²) in [4.78, 5) is 1.97. The molecule has 0 N–H and O–H groups in total. The molecule has 36 heavy (non-hydrogen) atoms. The number of thiophene rings is 1. The lowest BCUT2D eigenvalue weighted by molar-refractivity contribution is 0.275. The van der Waals surface area contributed by atoms with Crippen LogP contribution < -0.4 is 14.4 Å². The Labute approximate surface area is 223 Å². The summed E-state index contributed by atoms with van der Waals surface area (Å²) < 4.78 is 40.8. The molecule has 0 amide bonds. The number of sulfonamides is 1. The van der Waals surface area contributed by atoms with E-state index in [0.29, 0.717) is 29.8 Å². The van der Waals surface area contributed by atoms with Gasteiger partial charge in [0.05, 0.1) is 12.1 Å². The molecule has 1 saturated carbocycles. The third kappa shape index (κ3) is 6.54. The molecule has 4 rings (SSSR count). The third-order valence-corrected chi connectivity index (χ3v) is 10.1. The second-order valence-corrected chi connectivity index (χ2v) is 12.9. The summed E-state index contributed by atoms with van der Waals surface area (Å²) in [6, 6.07) is 16.6. The summed E-state index contributed by atoms with van der Waals surface area (Å²) in [5.41, 5.74) is 1.89. The smallest absolute Gasteiger partial charge is 0.253 e. The van der Waals surface area contributed by atoms with Gasteiger partial charge in [0.2, 0.25) is 5.06 Å². The first-order chi connectivity index (χ1) is 17.3. The highest BCUT2D eigenvalue weighted by molar-refractivity contribution is 7.91. The predicted octanol–water partition coefficient (Wildman–Crippen LogP) is 7.04. The van der Waals surface area contributed by atoms with E-state index in [2.05, 4.69) is 0 Å². The van der Waals surface area contributed by atoms with Crippen molar-refractivity contribution < 1.29 is 17.9 Å². The molecule has 2 aromatic carbocycles. The number of halogens is 1. The fraction of sp³-hybridized carbons (Fsp3) is 0.407. The van der Waals surface area contributed by atoms with E-state index in [1.54, 1.807) is 11.4 Å². The molecule has 1 fully saturated rings. The van der Waals surface area contributed by atoms with Gasteiger partial charge in [-0.1, -0.05) is 60.4 Å². The van der Waals surface area contributed by atoms with Crippen molar-refractivity contribution in [3.8, 4) is 16.6 Å². The molecule has 1 heterocycles. The van der Waals surface area contributed by atoms with Gasteiger partial charge in [-0.05, 0) is 54.7 Å². The first-order valence-electron chi connectivity index (χ1n) is 12.1. The van der Waals surface area contributed by atoms with Crippen LogP contribution in [0.1, 0.15) is 37.7 Å². The Bertz CT molecular complexity index is 1250. The Morgan fingerprint density at radius 2 is 1.72 bits per heavy atom. The average Bonchev–Trinajstić information content (AvgIpc) is 3.25. The van der Waals surface area contributed by atoms with Gasteiger partial charge in [0.1, 0.15) is 15.7 Å². The number of hydrogen-bond donors (Lipinski definition) is 0. The van der Waals surface area contributed by atoms with E-state index in [-0.39, 0.29) is 9.23 Å². The van der Waals surface area contributed by atoms with Gasteiger partial charge < -0.3 is 14.4 Å². The predicted molar refractivity (Wildman–Crippen MR) is 147 cm³/mol. The topological polar surface area (TPSA) is 59.1 Å². The van der Waals surface area contributed by atoms with E-state index in [1.165, 1.54) is 12.5 Å². The van der Waals surface area contributed by atoms with Crippen molar-refractivity contribution in [3.05, 3.63) is 65.2 Å². The van der Waals surface area contributed by atoms with Gasteiger partial charge in [0.15, 0.2) is 0 Å². The Morgan fingerprint density at radius 1 is 1.00 bits per heavy atom. The van der Waals surface area contributed by atoms with Gasteiger partial charge in [0.25, 0.3) is 10.0 Å². The minimum atomic E-state index is -3.78. The van der Waals surface area contributed by atoms with Crippen LogP contribution >= 0.6 is 22.9 Å². The van der Waals surface area contributed by atoms with Gasteiger partial charge in [-0.2, -0.15) is 4.31 Å². The van der Waals surface area contributed by atoms with Crippen LogP contribution in [0.4, 0.5) is 5.69 Å². The number of hydrogen-bond acceptors (Lipinski definition) is 6. The fourth-order valence-corrected chi connectivity index (χ4v) is 7.69. The van der Waals surface area contributed by atoms with Gasteiger partial charge in [-0.25, -0.2) is 8.42 Å². The highest BCUT2D eigenvalue weighted by atomic mass is 35.5. The minimum Gasteiger partial charge on any atom is -0.497 e. The third-order valence-electron chi connectivity index (χ3n) is 6.48. The number of anilines is 1. The van der Waals surface area contributed by atoms with E-state index in [1.807, 2.05) is 67.5 Å². The molecular formula is C27H33ClN2O4S2. The summed E-state index contributed by atoms with van der Waals surface area (Å²) in [5.74, 6) is 1.70. The van der Waals surface area contributed by atoms with E-state index in [4.69, 9.17) is 21.1 Å². The first kappa shape index (κ1) is 26.8. The van der Waals surface area contributed by atoms with Crippen molar-refractivity contribution >= 4 is 38.6 Å². The molecule has 0 radical (unpaired) electrons. The van der Waals surface area contributed by atoms with Crippen molar-refractivity contribution in [1.29, 1.82) is 0 Å². The molecule has 1 aliphatic carbocycles. The molecule has 0 unspecified atom stereocenters. The lowest BCUT2D eigenvalue weighted by Crippen LogP contribution is -2.35. The first-order valence-corrected chi connectivity index (χ1v) is 14.8. The van der Waals surface area contributed by atoms with Crippen LogP contribution in [-0.4, -0.2) is 40.5 Å². The lowest BCUT2D eigenvalue weighted by atomic mass is 9.89. The molecule has 0 aliphatic heterocycles. The second kappa shape index (κ2) is 11.9. The van der Waals surface area contributed by atoms with Gasteiger partial charge in [0, 0.05) is 38.9 Å². The molecule has 1 aromatic heterocycles. The summed E-state index contributed by atoms with van der Waals surface area (Å²) in [5, 5.41) is 0.657. The average molecular weight is 549 g/mol. The minimum absolute atomic E-state index is 0.190. The summed E-state index contributed by atoms with van der Waals surface area (Å²) in [6.45, 7) is 0.782. The number of benzene rings is 2. The van der Waals surface area contributed by atoms with Gasteiger partial charge in [-0.3, -0.25) is 0 Å². The van der Waals surface area contributed by atoms with Crippen molar-refractivity contribution in [3.63, 3.8) is 0 Å². The van der Waals surface area contributed by atoms with Crippen LogP contribution in [0, 0.1) is 5.92 Å².